The van der Waals surface area contributed by atoms with Crippen molar-refractivity contribution in [2.24, 2.45) is 0 Å². The van der Waals surface area contributed by atoms with Gasteiger partial charge in [-0.3, -0.25) is 10.2 Å². The van der Waals surface area contributed by atoms with E-state index < -0.39 is 24.2 Å². The van der Waals surface area contributed by atoms with Gasteiger partial charge in [0, 0.05) is 18.5 Å². The molecule has 92 valence electrons. The fourth-order valence-corrected chi connectivity index (χ4v) is 1.07. The van der Waals surface area contributed by atoms with Gasteiger partial charge in [0.15, 0.2) is 5.83 Å². The summed E-state index contributed by atoms with van der Waals surface area (Å²) in [5.41, 5.74) is 5.06. The van der Waals surface area contributed by atoms with Crippen molar-refractivity contribution in [2.75, 3.05) is 6.54 Å². The zero-order valence-electron chi connectivity index (χ0n) is 8.84. The molecular weight excluding hydrogens is 233 g/mol. The Balaban J connectivity index is 2.29. The van der Waals surface area contributed by atoms with Gasteiger partial charge < -0.3 is 0 Å². The minimum atomic E-state index is -2.33. The molecule has 1 aromatic rings. The Morgan fingerprint density at radius 2 is 1.76 bits per heavy atom. The van der Waals surface area contributed by atoms with Crippen molar-refractivity contribution in [3.05, 3.63) is 47.8 Å². The summed E-state index contributed by atoms with van der Waals surface area (Å²) in [7, 11) is 0. The van der Waals surface area contributed by atoms with Crippen molar-refractivity contribution in [1.29, 1.82) is 0 Å². The van der Waals surface area contributed by atoms with Gasteiger partial charge in [-0.1, -0.05) is 18.2 Å². The molecular formula is C11H11F3N2O. The van der Waals surface area contributed by atoms with Crippen LogP contribution >= 0.6 is 0 Å². The lowest BCUT2D eigenvalue weighted by molar-refractivity contribution is 0.0933. The average Bonchev–Trinajstić information content (AvgIpc) is 2.35. The van der Waals surface area contributed by atoms with Gasteiger partial charge in [0.1, 0.15) is 0 Å². The van der Waals surface area contributed by atoms with Crippen molar-refractivity contribution in [2.45, 2.75) is 6.42 Å². The van der Waals surface area contributed by atoms with E-state index in [1.54, 1.807) is 30.3 Å². The minimum Gasteiger partial charge on any atom is -0.287 e. The van der Waals surface area contributed by atoms with Gasteiger partial charge in [0.05, 0.1) is 0 Å². The first-order valence-corrected chi connectivity index (χ1v) is 4.89. The summed E-state index contributed by atoms with van der Waals surface area (Å²) in [6, 6.07) is 8.33. The molecule has 0 saturated heterocycles. The monoisotopic (exact) mass is 244 g/mol. The van der Waals surface area contributed by atoms with Crippen LogP contribution in [0.15, 0.2) is 42.2 Å². The third kappa shape index (κ3) is 4.69. The van der Waals surface area contributed by atoms with E-state index in [4.69, 9.17) is 0 Å². The summed E-state index contributed by atoms with van der Waals surface area (Å²) in [6.07, 6.45) is -2.81. The molecule has 0 unspecified atom stereocenters. The second kappa shape index (κ2) is 6.70. The van der Waals surface area contributed by atoms with Crippen LogP contribution in [0, 0.1) is 0 Å². The molecule has 1 amide bonds. The van der Waals surface area contributed by atoms with Gasteiger partial charge in [0.25, 0.3) is 5.91 Å². The minimum absolute atomic E-state index is 0.109. The molecule has 0 aromatic heterocycles. The lowest BCUT2D eigenvalue weighted by atomic mass is 10.2. The van der Waals surface area contributed by atoms with Crippen LogP contribution in [0.2, 0.25) is 0 Å². The van der Waals surface area contributed by atoms with Gasteiger partial charge in [0.2, 0.25) is 0 Å². The first kappa shape index (κ1) is 13.2. The molecule has 0 bridgehead atoms. The highest BCUT2D eigenvalue weighted by Gasteiger charge is 2.05. The van der Waals surface area contributed by atoms with Crippen LogP contribution in [-0.4, -0.2) is 12.5 Å². The van der Waals surface area contributed by atoms with Gasteiger partial charge in [-0.2, -0.15) is 8.78 Å². The Kier molecular flexibility index (Phi) is 5.22. The van der Waals surface area contributed by atoms with Crippen LogP contribution in [0.1, 0.15) is 16.8 Å². The number of benzene rings is 1. The van der Waals surface area contributed by atoms with Crippen LogP contribution in [0.5, 0.6) is 0 Å². The van der Waals surface area contributed by atoms with E-state index in [-0.39, 0.29) is 6.54 Å². The maximum atomic E-state index is 12.3. The molecule has 0 fully saturated rings. The quantitative estimate of drug-likeness (QED) is 0.616. The third-order valence-electron chi connectivity index (χ3n) is 1.91. The molecule has 1 rings (SSSR count). The number of carbonyl (C=O) groups is 1. The Hall–Kier alpha value is -1.82. The Morgan fingerprint density at radius 1 is 1.12 bits per heavy atom. The van der Waals surface area contributed by atoms with E-state index in [1.165, 1.54) is 0 Å². The molecule has 17 heavy (non-hydrogen) atoms. The van der Waals surface area contributed by atoms with E-state index in [0.29, 0.717) is 5.56 Å². The molecule has 2 N–H and O–H groups in total. The zero-order valence-corrected chi connectivity index (χ0v) is 8.84. The van der Waals surface area contributed by atoms with Gasteiger partial charge in [-0.25, -0.2) is 9.82 Å². The summed E-state index contributed by atoms with van der Waals surface area (Å²) in [5, 5.41) is 0. The first-order valence-electron chi connectivity index (χ1n) is 4.89. The number of hydrazine groups is 1. The molecule has 0 heterocycles. The highest BCUT2D eigenvalue weighted by molar-refractivity contribution is 5.93. The predicted octanol–water partition coefficient (Wildman–Crippen LogP) is 2.39. The van der Waals surface area contributed by atoms with Crippen LogP contribution in [0.25, 0.3) is 0 Å². The van der Waals surface area contributed by atoms with Crippen LogP contribution in [0.4, 0.5) is 13.2 Å². The smallest absolute Gasteiger partial charge is 0.287 e. The number of halogens is 3. The van der Waals surface area contributed by atoms with E-state index in [0.717, 1.165) is 0 Å². The number of rotatable bonds is 5. The summed E-state index contributed by atoms with van der Waals surface area (Å²) in [4.78, 5) is 11.4. The fourth-order valence-electron chi connectivity index (χ4n) is 1.07. The van der Waals surface area contributed by atoms with Crippen LogP contribution in [0.3, 0.4) is 0 Å². The summed E-state index contributed by atoms with van der Waals surface area (Å²) in [5.74, 6) is -1.89. The van der Waals surface area contributed by atoms with Crippen LogP contribution in [-0.2, 0) is 0 Å². The molecule has 0 spiro atoms. The van der Waals surface area contributed by atoms with Gasteiger partial charge >= 0.3 is 6.08 Å². The summed E-state index contributed by atoms with van der Waals surface area (Å²) < 4.78 is 35.7. The number of hydrogen-bond acceptors (Lipinski definition) is 2. The second-order valence-electron chi connectivity index (χ2n) is 3.16. The second-order valence-corrected chi connectivity index (χ2v) is 3.16. The molecule has 3 nitrogen and oxygen atoms in total. The third-order valence-corrected chi connectivity index (χ3v) is 1.91. The predicted molar refractivity (Wildman–Crippen MR) is 56.9 cm³/mol. The molecule has 0 aliphatic rings. The molecule has 0 atom stereocenters. The Labute approximate surface area is 96.3 Å². The zero-order chi connectivity index (χ0) is 12.7. The molecule has 6 heteroatoms. The van der Waals surface area contributed by atoms with E-state index >= 15 is 0 Å². The number of nitrogens with one attached hydrogen (secondary N) is 2. The maximum Gasteiger partial charge on any atom is 0.301 e. The van der Waals surface area contributed by atoms with E-state index in [1.807, 2.05) is 0 Å². The lowest BCUT2D eigenvalue weighted by Gasteiger charge is -2.05. The molecule has 0 aliphatic heterocycles. The van der Waals surface area contributed by atoms with E-state index in [2.05, 4.69) is 10.9 Å². The van der Waals surface area contributed by atoms with Gasteiger partial charge in [-0.15, -0.1) is 0 Å². The number of amides is 1. The van der Waals surface area contributed by atoms with Crippen molar-refractivity contribution < 1.29 is 18.0 Å². The molecule has 0 aliphatic carbocycles. The highest BCUT2D eigenvalue weighted by Crippen LogP contribution is 2.11. The average molecular weight is 244 g/mol. The summed E-state index contributed by atoms with van der Waals surface area (Å²) >= 11 is 0. The highest BCUT2D eigenvalue weighted by atomic mass is 19.3. The van der Waals surface area contributed by atoms with Crippen molar-refractivity contribution in [3.8, 4) is 0 Å². The normalized spacial score (nSPS) is 9.82. The molecule has 1 aromatic carbocycles. The summed E-state index contributed by atoms with van der Waals surface area (Å²) in [6.45, 7) is -0.109. The lowest BCUT2D eigenvalue weighted by Crippen LogP contribution is -2.37. The largest absolute Gasteiger partial charge is 0.301 e. The van der Waals surface area contributed by atoms with Crippen LogP contribution < -0.4 is 10.9 Å². The Morgan fingerprint density at radius 3 is 2.35 bits per heavy atom. The first-order chi connectivity index (χ1) is 8.11. The standard InChI is InChI=1S/C11H11F3N2O/c12-9(10(13)14)6-7-15-16-11(17)8-4-2-1-3-5-8/h1-5,15H,6-7H2,(H,16,17). The van der Waals surface area contributed by atoms with E-state index in [9.17, 15) is 18.0 Å². The number of hydrogen-bond donors (Lipinski definition) is 2. The topological polar surface area (TPSA) is 41.1 Å². The fraction of sp³-hybridized carbons (Fsp3) is 0.182. The van der Waals surface area contributed by atoms with Crippen molar-refractivity contribution >= 4 is 5.91 Å². The molecule has 0 radical (unpaired) electrons. The van der Waals surface area contributed by atoms with Crippen molar-refractivity contribution in [3.63, 3.8) is 0 Å². The van der Waals surface area contributed by atoms with Crippen molar-refractivity contribution in [1.82, 2.24) is 10.9 Å². The molecule has 0 saturated carbocycles. The number of carbonyl (C=O) groups excluding carboxylic acids is 1. The van der Waals surface area contributed by atoms with Gasteiger partial charge in [-0.05, 0) is 12.1 Å². The Bertz CT molecular complexity index is 402. The maximum absolute atomic E-state index is 12.3. The SMILES string of the molecule is O=C(NNCCC(F)=C(F)F)c1ccccc1.